The second-order valence-corrected chi connectivity index (χ2v) is 1.99. The highest BCUT2D eigenvalue weighted by molar-refractivity contribution is 5.14. The Balaban J connectivity index is 2.44. The van der Waals surface area contributed by atoms with Crippen molar-refractivity contribution in [1.82, 2.24) is 5.32 Å². The monoisotopic (exact) mass is 109 g/mol. The lowest BCUT2D eigenvalue weighted by atomic mass is 10.2. The van der Waals surface area contributed by atoms with E-state index < -0.39 is 0 Å². The Bertz CT molecular complexity index is 106. The van der Waals surface area contributed by atoms with E-state index in [4.69, 9.17) is 0 Å². The van der Waals surface area contributed by atoms with Crippen LogP contribution in [0.5, 0.6) is 0 Å². The molecule has 1 aliphatic heterocycles. The number of hydrogen-bond acceptors (Lipinski definition) is 1. The van der Waals surface area contributed by atoms with E-state index >= 15 is 0 Å². The van der Waals surface area contributed by atoms with Crippen LogP contribution in [0.2, 0.25) is 0 Å². The average Bonchev–Trinajstić information content (AvgIpc) is 2.19. The summed E-state index contributed by atoms with van der Waals surface area (Å²) >= 11 is 0. The van der Waals surface area contributed by atoms with Gasteiger partial charge in [0, 0.05) is 6.54 Å². The van der Waals surface area contributed by atoms with Gasteiger partial charge in [-0.15, -0.1) is 0 Å². The Morgan fingerprint density at radius 1 is 1.62 bits per heavy atom. The molecule has 44 valence electrons. The fourth-order valence-electron chi connectivity index (χ4n) is 0.895. The molecule has 0 spiro atoms. The maximum Gasteiger partial charge on any atom is 0.0168 e. The third kappa shape index (κ3) is 1.20. The molecule has 0 aliphatic carbocycles. The van der Waals surface area contributed by atoms with Crippen LogP contribution >= 0.6 is 0 Å². The number of rotatable bonds is 1. The summed E-state index contributed by atoms with van der Waals surface area (Å²) in [4.78, 5) is 0. The minimum atomic E-state index is 1.06. The lowest BCUT2D eigenvalue weighted by Gasteiger charge is -1.86. The third-order valence-corrected chi connectivity index (χ3v) is 1.33. The van der Waals surface area contributed by atoms with Gasteiger partial charge in [0.15, 0.2) is 0 Å². The fourth-order valence-corrected chi connectivity index (χ4v) is 0.895. The molecule has 1 fully saturated rings. The van der Waals surface area contributed by atoms with Crippen molar-refractivity contribution >= 4 is 0 Å². The van der Waals surface area contributed by atoms with Crippen LogP contribution in [0.25, 0.3) is 0 Å². The molecular weight excluding hydrogens is 98.1 g/mol. The van der Waals surface area contributed by atoms with E-state index in [1.807, 2.05) is 6.08 Å². The van der Waals surface area contributed by atoms with E-state index in [0.29, 0.717) is 0 Å². The molecular formula is C7H11N. The van der Waals surface area contributed by atoms with Crippen molar-refractivity contribution in [2.45, 2.75) is 6.42 Å². The van der Waals surface area contributed by atoms with Gasteiger partial charge in [-0.1, -0.05) is 24.3 Å². The van der Waals surface area contributed by atoms with E-state index in [9.17, 15) is 0 Å². The first-order valence-electron chi connectivity index (χ1n) is 2.94. The number of allylic oxidation sites excluding steroid dienone is 2. The summed E-state index contributed by atoms with van der Waals surface area (Å²) in [5.74, 6) is 0. The summed E-state index contributed by atoms with van der Waals surface area (Å²) < 4.78 is 0. The molecule has 0 radical (unpaired) electrons. The van der Waals surface area contributed by atoms with Crippen LogP contribution in [0.4, 0.5) is 0 Å². The van der Waals surface area contributed by atoms with Gasteiger partial charge in [0.1, 0.15) is 0 Å². The summed E-state index contributed by atoms with van der Waals surface area (Å²) in [7, 11) is 0. The van der Waals surface area contributed by atoms with Gasteiger partial charge >= 0.3 is 0 Å². The third-order valence-electron chi connectivity index (χ3n) is 1.33. The quantitative estimate of drug-likeness (QED) is 0.531. The van der Waals surface area contributed by atoms with E-state index in [0.717, 1.165) is 13.1 Å². The molecule has 1 heteroatoms. The summed E-state index contributed by atoms with van der Waals surface area (Å²) in [5.41, 5.74) is 1.47. The lowest BCUT2D eigenvalue weighted by molar-refractivity contribution is 0.862. The smallest absolute Gasteiger partial charge is 0.0168 e. The van der Waals surface area contributed by atoms with Crippen molar-refractivity contribution in [3.05, 3.63) is 24.3 Å². The molecule has 0 unspecified atom stereocenters. The van der Waals surface area contributed by atoms with Crippen molar-refractivity contribution in [2.75, 3.05) is 13.1 Å². The van der Waals surface area contributed by atoms with Crippen LogP contribution in [0, 0.1) is 0 Å². The average molecular weight is 109 g/mol. The second-order valence-electron chi connectivity index (χ2n) is 1.99. The molecule has 0 amide bonds. The Morgan fingerprint density at radius 3 is 3.00 bits per heavy atom. The highest BCUT2D eigenvalue weighted by atomic mass is 14.9. The Labute approximate surface area is 50.1 Å². The first kappa shape index (κ1) is 5.57. The minimum absolute atomic E-state index is 1.06. The van der Waals surface area contributed by atoms with Crippen molar-refractivity contribution in [3.8, 4) is 0 Å². The number of hydrogen-bond donors (Lipinski definition) is 1. The SMILES string of the molecule is C=CC=C1CCNC1. The highest BCUT2D eigenvalue weighted by Gasteiger charge is 2.01. The Kier molecular flexibility index (Phi) is 1.86. The van der Waals surface area contributed by atoms with E-state index in [-0.39, 0.29) is 0 Å². The molecule has 0 bridgehead atoms. The molecule has 0 aromatic heterocycles. The molecule has 8 heavy (non-hydrogen) atoms. The molecule has 1 rings (SSSR count). The molecule has 1 saturated heterocycles. The summed E-state index contributed by atoms with van der Waals surface area (Å²) in [6, 6.07) is 0. The van der Waals surface area contributed by atoms with Gasteiger partial charge in [-0.2, -0.15) is 0 Å². The van der Waals surface area contributed by atoms with Crippen LogP contribution in [0.1, 0.15) is 6.42 Å². The molecule has 1 aliphatic rings. The predicted octanol–water partition coefficient (Wildman–Crippen LogP) is 1.09. The summed E-state index contributed by atoms with van der Waals surface area (Å²) in [6.07, 6.45) is 5.13. The maximum absolute atomic E-state index is 3.62. The zero-order chi connectivity index (χ0) is 5.82. The van der Waals surface area contributed by atoms with Crippen LogP contribution in [0.3, 0.4) is 0 Å². The molecule has 1 N–H and O–H groups in total. The van der Waals surface area contributed by atoms with Gasteiger partial charge in [-0.25, -0.2) is 0 Å². The standard InChI is InChI=1S/C7H11N/c1-2-3-7-4-5-8-6-7/h2-3,8H,1,4-6H2. The topological polar surface area (TPSA) is 12.0 Å². The van der Waals surface area contributed by atoms with Crippen molar-refractivity contribution in [3.63, 3.8) is 0 Å². The molecule has 0 aromatic carbocycles. The Morgan fingerprint density at radius 2 is 2.50 bits per heavy atom. The normalized spacial score (nSPS) is 24.2. The van der Waals surface area contributed by atoms with Gasteiger partial charge in [0.25, 0.3) is 0 Å². The van der Waals surface area contributed by atoms with Gasteiger partial charge in [-0.3, -0.25) is 0 Å². The largest absolute Gasteiger partial charge is 0.313 e. The van der Waals surface area contributed by atoms with E-state index in [2.05, 4.69) is 18.0 Å². The van der Waals surface area contributed by atoms with Crippen LogP contribution in [-0.4, -0.2) is 13.1 Å². The minimum Gasteiger partial charge on any atom is -0.313 e. The zero-order valence-electron chi connectivity index (χ0n) is 4.98. The van der Waals surface area contributed by atoms with Crippen LogP contribution in [0.15, 0.2) is 24.3 Å². The first-order valence-corrected chi connectivity index (χ1v) is 2.94. The maximum atomic E-state index is 3.62. The number of nitrogens with one attached hydrogen (secondary N) is 1. The Hall–Kier alpha value is -0.560. The molecule has 0 atom stereocenters. The molecule has 1 heterocycles. The summed E-state index contributed by atoms with van der Waals surface area (Å²) in [5, 5.41) is 3.24. The van der Waals surface area contributed by atoms with Gasteiger partial charge in [0.2, 0.25) is 0 Å². The van der Waals surface area contributed by atoms with Gasteiger partial charge in [0.05, 0.1) is 0 Å². The van der Waals surface area contributed by atoms with Gasteiger partial charge < -0.3 is 5.32 Å². The molecule has 0 aromatic rings. The van der Waals surface area contributed by atoms with Crippen molar-refractivity contribution in [1.29, 1.82) is 0 Å². The second kappa shape index (κ2) is 2.68. The molecule has 0 saturated carbocycles. The summed E-state index contributed by atoms with van der Waals surface area (Å²) in [6.45, 7) is 5.82. The lowest BCUT2D eigenvalue weighted by Crippen LogP contribution is -2.04. The van der Waals surface area contributed by atoms with Crippen molar-refractivity contribution < 1.29 is 0 Å². The van der Waals surface area contributed by atoms with Crippen LogP contribution < -0.4 is 5.32 Å². The zero-order valence-corrected chi connectivity index (χ0v) is 4.98. The van der Waals surface area contributed by atoms with Gasteiger partial charge in [-0.05, 0) is 13.0 Å². The predicted molar refractivity (Wildman–Crippen MR) is 35.8 cm³/mol. The fraction of sp³-hybridized carbons (Fsp3) is 0.429. The van der Waals surface area contributed by atoms with E-state index in [1.54, 1.807) is 0 Å². The van der Waals surface area contributed by atoms with E-state index in [1.165, 1.54) is 12.0 Å². The molecule has 1 nitrogen and oxygen atoms in total. The highest BCUT2D eigenvalue weighted by Crippen LogP contribution is 2.04. The van der Waals surface area contributed by atoms with Crippen LogP contribution in [-0.2, 0) is 0 Å². The first-order chi connectivity index (χ1) is 3.93. The van der Waals surface area contributed by atoms with Crippen molar-refractivity contribution in [2.24, 2.45) is 0 Å².